The average molecular weight is 299 g/mol. The van der Waals surface area contributed by atoms with E-state index in [2.05, 4.69) is 35.1 Å². The first-order valence-corrected chi connectivity index (χ1v) is 8.32. The van der Waals surface area contributed by atoms with Crippen LogP contribution in [0.4, 0.5) is 5.69 Å². The molecule has 2 aromatic rings. The van der Waals surface area contributed by atoms with Gasteiger partial charge in [0.15, 0.2) is 0 Å². The summed E-state index contributed by atoms with van der Waals surface area (Å²) in [4.78, 5) is 12.5. The third-order valence-corrected chi connectivity index (χ3v) is 4.69. The Kier molecular flexibility index (Phi) is 4.21. The van der Waals surface area contributed by atoms with E-state index in [1.165, 1.54) is 11.9 Å². The van der Waals surface area contributed by atoms with Gasteiger partial charge in [-0.15, -0.1) is 0 Å². The van der Waals surface area contributed by atoms with Gasteiger partial charge in [-0.3, -0.25) is 4.79 Å². The Morgan fingerprint density at radius 1 is 1.27 bits per heavy atom. The predicted octanol–water partition coefficient (Wildman–Crippen LogP) is 3.65. The molecule has 1 saturated carbocycles. The highest BCUT2D eigenvalue weighted by molar-refractivity contribution is 5.99. The Morgan fingerprint density at radius 2 is 2.05 bits per heavy atom. The Hall–Kier alpha value is -1.81. The zero-order chi connectivity index (χ0) is 15.6. The number of aromatic nitrogens is 1. The van der Waals surface area contributed by atoms with Crippen molar-refractivity contribution >= 4 is 22.5 Å². The van der Waals surface area contributed by atoms with Crippen LogP contribution in [0.1, 0.15) is 45.4 Å². The van der Waals surface area contributed by atoms with E-state index in [0.717, 1.165) is 49.7 Å². The van der Waals surface area contributed by atoms with Crippen molar-refractivity contribution in [1.82, 2.24) is 4.57 Å². The molecule has 1 aliphatic carbocycles. The monoisotopic (exact) mass is 299 g/mol. The van der Waals surface area contributed by atoms with Crippen molar-refractivity contribution in [2.24, 2.45) is 5.73 Å². The smallest absolute Gasteiger partial charge is 0.244 e. The lowest BCUT2D eigenvalue weighted by Gasteiger charge is -2.31. The maximum absolute atomic E-state index is 12.5. The van der Waals surface area contributed by atoms with Crippen LogP contribution in [-0.2, 0) is 11.3 Å². The molecule has 0 saturated heterocycles. The second-order valence-electron chi connectivity index (χ2n) is 6.45. The number of aryl methyl sites for hydroxylation is 1. The summed E-state index contributed by atoms with van der Waals surface area (Å²) in [5, 5.41) is 4.17. The zero-order valence-electron chi connectivity index (χ0n) is 13.3. The number of anilines is 1. The molecule has 1 aromatic heterocycles. The average Bonchev–Trinajstić information content (AvgIpc) is 2.91. The number of carbonyl (C=O) groups is 1. The molecular formula is C18H25N3O. The molecule has 1 fully saturated rings. The number of benzene rings is 1. The van der Waals surface area contributed by atoms with Crippen LogP contribution >= 0.6 is 0 Å². The van der Waals surface area contributed by atoms with Crippen LogP contribution in [0.15, 0.2) is 30.5 Å². The summed E-state index contributed by atoms with van der Waals surface area (Å²) in [7, 11) is 0. The third-order valence-electron chi connectivity index (χ3n) is 4.69. The van der Waals surface area contributed by atoms with E-state index in [4.69, 9.17) is 5.73 Å². The molecular weight excluding hydrogens is 274 g/mol. The van der Waals surface area contributed by atoms with Crippen LogP contribution in [0, 0.1) is 0 Å². The molecule has 1 heterocycles. The maximum Gasteiger partial charge on any atom is 0.244 e. The molecule has 4 heteroatoms. The summed E-state index contributed by atoms with van der Waals surface area (Å²) in [6.07, 6.45) is 8.06. The summed E-state index contributed by atoms with van der Waals surface area (Å²) in [6.45, 7) is 3.19. The van der Waals surface area contributed by atoms with Crippen molar-refractivity contribution in [1.29, 1.82) is 0 Å². The number of nitrogens with one attached hydrogen (secondary N) is 1. The lowest BCUT2D eigenvalue weighted by Crippen LogP contribution is -2.52. The molecule has 0 spiro atoms. The number of rotatable bonds is 4. The van der Waals surface area contributed by atoms with Crippen molar-refractivity contribution in [3.8, 4) is 0 Å². The molecule has 0 atom stereocenters. The second-order valence-corrected chi connectivity index (χ2v) is 6.45. The van der Waals surface area contributed by atoms with Crippen molar-refractivity contribution in [2.75, 3.05) is 5.32 Å². The minimum absolute atomic E-state index is 0.0421. The first kappa shape index (κ1) is 15.1. The second kappa shape index (κ2) is 6.13. The highest BCUT2D eigenvalue weighted by Crippen LogP contribution is 2.28. The van der Waals surface area contributed by atoms with E-state index < -0.39 is 5.54 Å². The van der Waals surface area contributed by atoms with E-state index in [1.54, 1.807) is 0 Å². The van der Waals surface area contributed by atoms with Gasteiger partial charge in [-0.05, 0) is 43.5 Å². The number of amides is 1. The summed E-state index contributed by atoms with van der Waals surface area (Å²) in [5.41, 5.74) is 7.64. The standard InChI is InChI=1S/C18H25N3O/c1-2-11-21-12-8-14-13-15(6-7-16(14)21)20-17(22)18(19)9-4-3-5-10-18/h6-8,12-13H,2-5,9-11,19H2,1H3,(H,20,22). The van der Waals surface area contributed by atoms with Gasteiger partial charge in [-0.2, -0.15) is 0 Å². The van der Waals surface area contributed by atoms with Gasteiger partial charge in [-0.25, -0.2) is 0 Å². The number of hydrogen-bond acceptors (Lipinski definition) is 2. The van der Waals surface area contributed by atoms with Crippen molar-refractivity contribution in [3.05, 3.63) is 30.5 Å². The summed E-state index contributed by atoms with van der Waals surface area (Å²) >= 11 is 0. The van der Waals surface area contributed by atoms with Crippen molar-refractivity contribution < 1.29 is 4.79 Å². The Balaban J connectivity index is 1.77. The molecule has 1 aliphatic rings. The van der Waals surface area contributed by atoms with Crippen LogP contribution in [0.2, 0.25) is 0 Å². The maximum atomic E-state index is 12.5. The van der Waals surface area contributed by atoms with Crippen LogP contribution in [0.3, 0.4) is 0 Å². The Bertz CT molecular complexity index is 668. The molecule has 4 nitrogen and oxygen atoms in total. The highest BCUT2D eigenvalue weighted by atomic mass is 16.2. The molecule has 3 N–H and O–H groups in total. The Labute approximate surface area is 131 Å². The summed E-state index contributed by atoms with van der Waals surface area (Å²) in [5.74, 6) is -0.0421. The molecule has 0 bridgehead atoms. The van der Waals surface area contributed by atoms with Gasteiger partial charge < -0.3 is 15.6 Å². The number of fused-ring (bicyclic) bond motifs is 1. The first-order valence-electron chi connectivity index (χ1n) is 8.32. The van der Waals surface area contributed by atoms with Crippen molar-refractivity contribution in [3.63, 3.8) is 0 Å². The van der Waals surface area contributed by atoms with E-state index in [1.807, 2.05) is 12.1 Å². The lowest BCUT2D eigenvalue weighted by molar-refractivity contribution is -0.122. The predicted molar refractivity (Wildman–Crippen MR) is 90.9 cm³/mol. The molecule has 22 heavy (non-hydrogen) atoms. The summed E-state index contributed by atoms with van der Waals surface area (Å²) < 4.78 is 2.24. The van der Waals surface area contributed by atoms with E-state index in [-0.39, 0.29) is 5.91 Å². The molecule has 0 aliphatic heterocycles. The zero-order valence-corrected chi connectivity index (χ0v) is 13.3. The van der Waals surface area contributed by atoms with Crippen LogP contribution < -0.4 is 11.1 Å². The summed E-state index contributed by atoms with van der Waals surface area (Å²) in [6, 6.07) is 8.17. The molecule has 1 amide bonds. The number of carbonyl (C=O) groups excluding carboxylic acids is 1. The van der Waals surface area contributed by atoms with Gasteiger partial charge in [-0.1, -0.05) is 26.2 Å². The third kappa shape index (κ3) is 2.88. The first-order chi connectivity index (χ1) is 10.6. The number of hydrogen-bond donors (Lipinski definition) is 2. The Morgan fingerprint density at radius 3 is 2.77 bits per heavy atom. The van der Waals surface area contributed by atoms with Gasteiger partial charge in [0.25, 0.3) is 0 Å². The minimum atomic E-state index is -0.693. The van der Waals surface area contributed by atoms with Gasteiger partial charge in [0, 0.05) is 29.3 Å². The van der Waals surface area contributed by atoms with E-state index in [9.17, 15) is 4.79 Å². The van der Waals surface area contributed by atoms with Gasteiger partial charge in [0.2, 0.25) is 5.91 Å². The SMILES string of the molecule is CCCn1ccc2cc(NC(=O)C3(N)CCCCC3)ccc21. The molecule has 0 unspecified atom stereocenters. The van der Waals surface area contributed by atoms with Crippen LogP contribution in [0.5, 0.6) is 0 Å². The number of nitrogens with two attached hydrogens (primary N) is 1. The van der Waals surface area contributed by atoms with Crippen molar-refractivity contribution in [2.45, 2.75) is 57.5 Å². The topological polar surface area (TPSA) is 60.0 Å². The van der Waals surface area contributed by atoms with Gasteiger partial charge in [0.05, 0.1) is 5.54 Å². The molecule has 0 radical (unpaired) electrons. The van der Waals surface area contributed by atoms with Gasteiger partial charge in [0.1, 0.15) is 0 Å². The fourth-order valence-electron chi connectivity index (χ4n) is 3.38. The molecule has 3 rings (SSSR count). The number of nitrogens with zero attached hydrogens (tertiary/aromatic N) is 1. The van der Waals surface area contributed by atoms with Crippen LogP contribution in [0.25, 0.3) is 10.9 Å². The molecule has 1 aromatic carbocycles. The molecule has 118 valence electrons. The van der Waals surface area contributed by atoms with E-state index >= 15 is 0 Å². The fraction of sp³-hybridized carbons (Fsp3) is 0.500. The van der Waals surface area contributed by atoms with Crippen LogP contribution in [-0.4, -0.2) is 16.0 Å². The van der Waals surface area contributed by atoms with Gasteiger partial charge >= 0.3 is 0 Å². The van der Waals surface area contributed by atoms with E-state index in [0.29, 0.717) is 0 Å². The quantitative estimate of drug-likeness (QED) is 0.905. The minimum Gasteiger partial charge on any atom is -0.347 e. The largest absolute Gasteiger partial charge is 0.347 e. The fourth-order valence-corrected chi connectivity index (χ4v) is 3.38. The lowest BCUT2D eigenvalue weighted by atomic mass is 9.82. The highest BCUT2D eigenvalue weighted by Gasteiger charge is 2.35. The normalized spacial score (nSPS) is 17.5.